The van der Waals surface area contributed by atoms with Crippen molar-refractivity contribution in [2.45, 2.75) is 0 Å². The number of aliphatic hydroxyl groups excluding tert-OH is 1. The Hall–Kier alpha value is -2.64. The predicted molar refractivity (Wildman–Crippen MR) is 98.4 cm³/mol. The third-order valence-corrected chi connectivity index (χ3v) is 4.88. The molecule has 0 bridgehead atoms. The average molecular weight is 373 g/mol. The van der Waals surface area contributed by atoms with Crippen LogP contribution < -0.4 is 9.64 Å². The highest BCUT2D eigenvalue weighted by molar-refractivity contribution is 8.04. The molecule has 0 saturated carbocycles. The number of ether oxygens (including phenoxy) is 1. The first-order valence-electron chi connectivity index (χ1n) is 7.84. The van der Waals surface area contributed by atoms with Crippen LogP contribution in [-0.2, 0) is 9.59 Å². The Morgan fingerprint density at radius 3 is 2.58 bits per heavy atom. The number of carbonyl (C=O) groups is 2. The molecule has 134 valence electrons. The highest BCUT2D eigenvalue weighted by Gasteiger charge is 2.41. The van der Waals surface area contributed by atoms with Gasteiger partial charge in [-0.05, 0) is 24.3 Å². The largest absolute Gasteiger partial charge is 0.496 e. The summed E-state index contributed by atoms with van der Waals surface area (Å²) in [4.78, 5) is 27.1. The number of hydrogen-bond donors (Lipinski definition) is 1. The Morgan fingerprint density at radius 2 is 1.88 bits per heavy atom. The second-order valence-corrected chi connectivity index (χ2v) is 6.51. The molecule has 2 aromatic rings. The first-order chi connectivity index (χ1) is 12.6. The topological polar surface area (TPSA) is 66.8 Å². The van der Waals surface area contributed by atoms with E-state index in [1.54, 1.807) is 24.3 Å². The van der Waals surface area contributed by atoms with E-state index in [2.05, 4.69) is 0 Å². The van der Waals surface area contributed by atoms with Crippen LogP contribution in [0.4, 0.5) is 10.1 Å². The molecule has 0 saturated heterocycles. The maximum Gasteiger partial charge on any atom is 0.272 e. The van der Waals surface area contributed by atoms with E-state index in [0.29, 0.717) is 11.3 Å². The number of anilines is 1. The van der Waals surface area contributed by atoms with E-state index in [4.69, 9.17) is 9.84 Å². The van der Waals surface area contributed by atoms with Crippen LogP contribution in [-0.4, -0.2) is 36.4 Å². The summed E-state index contributed by atoms with van der Waals surface area (Å²) >= 11 is 1.09. The summed E-state index contributed by atoms with van der Waals surface area (Å²) < 4.78 is 18.9. The van der Waals surface area contributed by atoms with E-state index in [1.807, 2.05) is 0 Å². The SMILES string of the molecule is COc1ccccc1C1=C(SCCO)C(=O)N(c2cccc(F)c2)C1=O. The molecular weight excluding hydrogens is 357 g/mol. The van der Waals surface area contributed by atoms with Gasteiger partial charge in [-0.2, -0.15) is 0 Å². The van der Waals surface area contributed by atoms with E-state index in [1.165, 1.54) is 25.3 Å². The summed E-state index contributed by atoms with van der Waals surface area (Å²) in [7, 11) is 1.48. The average Bonchev–Trinajstić information content (AvgIpc) is 2.89. The van der Waals surface area contributed by atoms with Crippen LogP contribution in [0, 0.1) is 5.82 Å². The number of thioether (sulfide) groups is 1. The summed E-state index contributed by atoms with van der Waals surface area (Å²) in [6, 6.07) is 12.2. The van der Waals surface area contributed by atoms with Crippen LogP contribution in [0.15, 0.2) is 53.4 Å². The normalized spacial score (nSPS) is 14.3. The minimum absolute atomic E-state index is 0.144. The molecule has 3 rings (SSSR count). The molecule has 1 heterocycles. The van der Waals surface area contributed by atoms with Crippen molar-refractivity contribution in [2.75, 3.05) is 24.4 Å². The van der Waals surface area contributed by atoms with Gasteiger partial charge in [0.2, 0.25) is 0 Å². The highest BCUT2D eigenvalue weighted by Crippen LogP contribution is 2.41. The van der Waals surface area contributed by atoms with Gasteiger partial charge in [-0.25, -0.2) is 9.29 Å². The minimum atomic E-state index is -0.550. The molecule has 0 aliphatic carbocycles. The second kappa shape index (κ2) is 7.72. The van der Waals surface area contributed by atoms with Crippen molar-refractivity contribution in [3.63, 3.8) is 0 Å². The Balaban J connectivity index is 2.13. The number of carbonyl (C=O) groups excluding carboxylic acids is 2. The fraction of sp³-hybridized carbons (Fsp3) is 0.158. The van der Waals surface area contributed by atoms with E-state index in [-0.39, 0.29) is 28.5 Å². The predicted octanol–water partition coefficient (Wildman–Crippen LogP) is 2.84. The lowest BCUT2D eigenvalue weighted by Gasteiger charge is -2.15. The van der Waals surface area contributed by atoms with Crippen molar-refractivity contribution in [2.24, 2.45) is 0 Å². The maximum atomic E-state index is 13.6. The summed E-state index contributed by atoms with van der Waals surface area (Å²) in [5.41, 5.74) is 0.829. The molecule has 1 aliphatic heterocycles. The van der Waals surface area contributed by atoms with Gasteiger partial charge in [-0.3, -0.25) is 9.59 Å². The van der Waals surface area contributed by atoms with Gasteiger partial charge >= 0.3 is 0 Å². The van der Waals surface area contributed by atoms with Crippen LogP contribution in [0.2, 0.25) is 0 Å². The molecule has 7 heteroatoms. The third kappa shape index (κ3) is 3.23. The second-order valence-electron chi connectivity index (χ2n) is 5.40. The van der Waals surface area contributed by atoms with Gasteiger partial charge < -0.3 is 9.84 Å². The van der Waals surface area contributed by atoms with Crippen molar-refractivity contribution in [1.82, 2.24) is 0 Å². The molecule has 5 nitrogen and oxygen atoms in total. The number of halogens is 1. The van der Waals surface area contributed by atoms with Gasteiger partial charge in [0.15, 0.2) is 0 Å². The lowest BCUT2D eigenvalue weighted by molar-refractivity contribution is -0.119. The third-order valence-electron chi connectivity index (χ3n) is 3.82. The molecule has 2 aromatic carbocycles. The van der Waals surface area contributed by atoms with Gasteiger partial charge in [-0.1, -0.05) is 24.3 Å². The number of para-hydroxylation sites is 1. The molecule has 1 N–H and O–H groups in total. The van der Waals surface area contributed by atoms with Gasteiger partial charge in [-0.15, -0.1) is 11.8 Å². The maximum absolute atomic E-state index is 13.6. The van der Waals surface area contributed by atoms with E-state index in [0.717, 1.165) is 22.7 Å². The number of methoxy groups -OCH3 is 1. The van der Waals surface area contributed by atoms with Crippen molar-refractivity contribution >= 4 is 34.8 Å². The fourth-order valence-corrected chi connectivity index (χ4v) is 3.58. The monoisotopic (exact) mass is 373 g/mol. The zero-order valence-corrected chi connectivity index (χ0v) is 14.8. The van der Waals surface area contributed by atoms with Crippen LogP contribution in [0.3, 0.4) is 0 Å². The first-order valence-corrected chi connectivity index (χ1v) is 8.82. The fourth-order valence-electron chi connectivity index (χ4n) is 2.73. The number of rotatable bonds is 6. The summed E-state index contributed by atoms with van der Waals surface area (Å²) in [5.74, 6) is -0.931. The van der Waals surface area contributed by atoms with Crippen molar-refractivity contribution in [3.8, 4) is 5.75 Å². The van der Waals surface area contributed by atoms with Crippen molar-refractivity contribution < 1.29 is 23.8 Å². The zero-order valence-electron chi connectivity index (χ0n) is 13.9. The Labute approximate surface area is 154 Å². The number of nitrogens with zero attached hydrogens (tertiary/aromatic N) is 1. The smallest absolute Gasteiger partial charge is 0.272 e. The van der Waals surface area contributed by atoms with E-state index < -0.39 is 17.6 Å². The molecule has 0 unspecified atom stereocenters. The van der Waals surface area contributed by atoms with Gasteiger partial charge in [0.05, 0.1) is 29.9 Å². The van der Waals surface area contributed by atoms with E-state index >= 15 is 0 Å². The molecule has 26 heavy (non-hydrogen) atoms. The number of aliphatic hydroxyl groups is 1. The number of hydrogen-bond acceptors (Lipinski definition) is 5. The molecule has 0 radical (unpaired) electrons. The quantitative estimate of drug-likeness (QED) is 0.789. The van der Waals surface area contributed by atoms with Crippen LogP contribution >= 0.6 is 11.8 Å². The first kappa shape index (κ1) is 18.2. The number of benzene rings is 2. The molecule has 0 aromatic heterocycles. The standard InChI is InChI=1S/C19H16FNO4S/c1-25-15-8-3-2-7-14(15)16-17(26-10-9-22)19(24)21(18(16)23)13-6-4-5-12(20)11-13/h2-8,11,22H,9-10H2,1H3. The van der Waals surface area contributed by atoms with E-state index in [9.17, 15) is 14.0 Å². The zero-order chi connectivity index (χ0) is 18.7. The Morgan fingerprint density at radius 1 is 1.12 bits per heavy atom. The lowest BCUT2D eigenvalue weighted by Crippen LogP contribution is -2.31. The minimum Gasteiger partial charge on any atom is -0.496 e. The van der Waals surface area contributed by atoms with Gasteiger partial charge in [0, 0.05) is 11.3 Å². The van der Waals surface area contributed by atoms with Crippen molar-refractivity contribution in [1.29, 1.82) is 0 Å². The molecule has 0 atom stereocenters. The van der Waals surface area contributed by atoms with Gasteiger partial charge in [0.1, 0.15) is 11.6 Å². The summed E-state index contributed by atoms with van der Waals surface area (Å²) in [6.45, 7) is -0.144. The number of amides is 2. The number of imide groups is 1. The summed E-state index contributed by atoms with van der Waals surface area (Å²) in [5, 5.41) is 9.13. The Kier molecular flexibility index (Phi) is 5.39. The molecule has 0 fully saturated rings. The van der Waals surface area contributed by atoms with Crippen LogP contribution in [0.5, 0.6) is 5.75 Å². The molecule has 2 amide bonds. The van der Waals surface area contributed by atoms with Gasteiger partial charge in [0.25, 0.3) is 11.8 Å². The molecular formula is C19H16FNO4S. The van der Waals surface area contributed by atoms with Crippen LogP contribution in [0.25, 0.3) is 5.57 Å². The highest BCUT2D eigenvalue weighted by atomic mass is 32.2. The van der Waals surface area contributed by atoms with Crippen LogP contribution in [0.1, 0.15) is 5.56 Å². The van der Waals surface area contributed by atoms with Crippen molar-refractivity contribution in [3.05, 3.63) is 64.8 Å². The summed E-state index contributed by atoms with van der Waals surface area (Å²) in [6.07, 6.45) is 0. The lowest BCUT2D eigenvalue weighted by atomic mass is 10.0. The molecule has 0 spiro atoms. The Bertz CT molecular complexity index is 897. The molecule has 1 aliphatic rings.